The molecule has 0 bridgehead atoms. The van der Waals surface area contributed by atoms with Crippen LogP contribution in [-0.4, -0.2) is 109 Å². The minimum Gasteiger partial charge on any atom is -0.496 e. The van der Waals surface area contributed by atoms with Gasteiger partial charge in [-0.05, 0) is 53.8 Å². The monoisotopic (exact) mass is 714 g/mol. The minimum absolute atomic E-state index is 0.00535. The number of nitrogens with one attached hydrogen (secondary N) is 1. The van der Waals surface area contributed by atoms with Crippen LogP contribution in [0.4, 0.5) is 0 Å². The van der Waals surface area contributed by atoms with E-state index in [9.17, 15) is 23.1 Å². The number of nitrogens with zero attached hydrogens (tertiary/aromatic N) is 1. The molecule has 0 unspecified atom stereocenters. The predicted octanol–water partition coefficient (Wildman–Crippen LogP) is 3.53. The lowest BCUT2D eigenvalue weighted by atomic mass is 9.98. The number of methoxy groups -OCH3 is 3. The number of sulfonamides is 1. The molecule has 3 aromatic rings. The molecule has 4 rings (SSSR count). The lowest BCUT2D eigenvalue weighted by molar-refractivity contribution is -0.142. The summed E-state index contributed by atoms with van der Waals surface area (Å²) in [6.07, 6.45) is 0.786. The second kappa shape index (κ2) is 19.4. The molecule has 1 fully saturated rings. The van der Waals surface area contributed by atoms with Gasteiger partial charge in [-0.1, -0.05) is 42.5 Å². The standard InChI is InChI=1S/C36H46N2O11S/c1-44-16-17-47-18-19-48-20-21-49-25-27-23-32(45-2)34(33(24-27)46-3)28-13-11-26(12-14-28)22-30(36(40)41)37-35(39)31-10-7-15-38(31)50(42,43)29-8-5-4-6-9-29/h4-6,8-9,11-14,23-24,30-31H,7,10,15-22,25H2,1-3H3,(H,37,39)(H,40,41)/t30-,31-/m0/s1. The molecule has 13 nitrogen and oxygen atoms in total. The number of rotatable bonds is 21. The van der Waals surface area contributed by atoms with Crippen LogP contribution in [0.3, 0.4) is 0 Å². The SMILES string of the molecule is COCCOCCOCCOCc1cc(OC)c(-c2ccc(C[C@H](NC(=O)[C@@H]3CCCN3S(=O)(=O)c3ccccc3)C(=O)O)cc2)c(OC)c1. The van der Waals surface area contributed by atoms with Crippen molar-refractivity contribution in [1.82, 2.24) is 9.62 Å². The van der Waals surface area contributed by atoms with Crippen molar-refractivity contribution >= 4 is 21.9 Å². The first-order valence-corrected chi connectivity index (χ1v) is 17.8. The molecule has 1 heterocycles. The molecule has 0 radical (unpaired) electrons. The minimum atomic E-state index is -3.92. The molecule has 1 saturated heterocycles. The Morgan fingerprint density at radius 3 is 2.02 bits per heavy atom. The summed E-state index contributed by atoms with van der Waals surface area (Å²) >= 11 is 0. The van der Waals surface area contributed by atoms with Gasteiger partial charge in [0.15, 0.2) is 0 Å². The third-order valence-electron chi connectivity index (χ3n) is 8.16. The highest BCUT2D eigenvalue weighted by atomic mass is 32.2. The van der Waals surface area contributed by atoms with Gasteiger partial charge in [-0.2, -0.15) is 4.31 Å². The van der Waals surface area contributed by atoms with E-state index in [1.807, 2.05) is 24.3 Å². The van der Waals surface area contributed by atoms with Crippen LogP contribution in [0.5, 0.6) is 11.5 Å². The molecule has 272 valence electrons. The summed E-state index contributed by atoms with van der Waals surface area (Å²) in [5, 5.41) is 12.5. The third-order valence-corrected chi connectivity index (χ3v) is 10.1. The number of benzene rings is 3. The summed E-state index contributed by atoms with van der Waals surface area (Å²) in [7, 11) is 0.834. The highest BCUT2D eigenvalue weighted by Crippen LogP contribution is 2.40. The Hall–Kier alpha value is -4.05. The van der Waals surface area contributed by atoms with E-state index in [4.69, 9.17) is 28.4 Å². The molecule has 0 spiro atoms. The lowest BCUT2D eigenvalue weighted by Crippen LogP contribution is -2.51. The van der Waals surface area contributed by atoms with Gasteiger partial charge in [0.05, 0.1) is 70.9 Å². The van der Waals surface area contributed by atoms with E-state index >= 15 is 0 Å². The first-order valence-electron chi connectivity index (χ1n) is 16.4. The fraction of sp³-hybridized carbons (Fsp3) is 0.444. The Balaban J connectivity index is 1.37. The quantitative estimate of drug-likeness (QED) is 0.156. The third kappa shape index (κ3) is 10.5. The van der Waals surface area contributed by atoms with Gasteiger partial charge in [0.1, 0.15) is 23.6 Å². The number of carbonyl (C=O) groups excluding carboxylic acids is 1. The van der Waals surface area contributed by atoms with E-state index < -0.39 is 34.0 Å². The molecule has 50 heavy (non-hydrogen) atoms. The largest absolute Gasteiger partial charge is 0.496 e. The van der Waals surface area contributed by atoms with Gasteiger partial charge in [0.2, 0.25) is 15.9 Å². The summed E-state index contributed by atoms with van der Waals surface area (Å²) in [4.78, 5) is 25.6. The second-order valence-electron chi connectivity index (χ2n) is 11.5. The van der Waals surface area contributed by atoms with Crippen molar-refractivity contribution < 1.29 is 51.5 Å². The van der Waals surface area contributed by atoms with E-state index in [0.717, 1.165) is 15.4 Å². The van der Waals surface area contributed by atoms with Gasteiger partial charge in [-0.15, -0.1) is 0 Å². The molecule has 1 aliphatic rings. The molecule has 0 aliphatic carbocycles. The van der Waals surface area contributed by atoms with Crippen LogP contribution in [0.2, 0.25) is 0 Å². The molecular formula is C36H46N2O11S. The number of hydrogen-bond donors (Lipinski definition) is 2. The van der Waals surface area contributed by atoms with Gasteiger partial charge in [-0.25, -0.2) is 13.2 Å². The average molecular weight is 715 g/mol. The van der Waals surface area contributed by atoms with Crippen LogP contribution >= 0.6 is 0 Å². The van der Waals surface area contributed by atoms with Crippen molar-refractivity contribution in [2.24, 2.45) is 0 Å². The normalized spacial score (nSPS) is 15.5. The molecule has 1 aliphatic heterocycles. The Labute approximate surface area is 293 Å². The molecule has 2 N–H and O–H groups in total. The van der Waals surface area contributed by atoms with Crippen molar-refractivity contribution in [3.8, 4) is 22.6 Å². The van der Waals surface area contributed by atoms with Gasteiger partial charge in [0.25, 0.3) is 0 Å². The zero-order valence-electron chi connectivity index (χ0n) is 28.7. The first kappa shape index (κ1) is 38.7. The van der Waals surface area contributed by atoms with Crippen molar-refractivity contribution in [2.45, 2.75) is 42.8 Å². The topological polar surface area (TPSA) is 159 Å². The van der Waals surface area contributed by atoms with Crippen LogP contribution in [0.25, 0.3) is 11.1 Å². The summed E-state index contributed by atoms with van der Waals surface area (Å²) in [5.74, 6) is -0.720. The zero-order valence-corrected chi connectivity index (χ0v) is 29.5. The van der Waals surface area contributed by atoms with Crippen molar-refractivity contribution in [2.75, 3.05) is 67.5 Å². The summed E-state index contributed by atoms with van der Waals surface area (Å²) in [5.41, 5.74) is 3.00. The van der Waals surface area contributed by atoms with Crippen LogP contribution in [0.15, 0.2) is 71.6 Å². The number of amides is 1. The maximum Gasteiger partial charge on any atom is 0.326 e. The van der Waals surface area contributed by atoms with Crippen LogP contribution in [0.1, 0.15) is 24.0 Å². The van der Waals surface area contributed by atoms with Gasteiger partial charge in [-0.3, -0.25) is 4.79 Å². The molecule has 0 saturated carbocycles. The zero-order chi connectivity index (χ0) is 35.9. The van der Waals surface area contributed by atoms with Crippen LogP contribution < -0.4 is 14.8 Å². The summed E-state index contributed by atoms with van der Waals surface area (Å²) < 4.78 is 60.6. The molecular weight excluding hydrogens is 668 g/mol. The van der Waals surface area contributed by atoms with E-state index in [1.54, 1.807) is 51.7 Å². The number of carboxylic acids is 1. The maximum absolute atomic E-state index is 13.3. The van der Waals surface area contributed by atoms with E-state index in [1.165, 1.54) is 12.1 Å². The predicted molar refractivity (Wildman–Crippen MR) is 185 cm³/mol. The molecule has 0 aromatic heterocycles. The second-order valence-corrected chi connectivity index (χ2v) is 13.4. The number of carboxylic acid groups (broad SMARTS) is 1. The molecule has 2 atom stereocenters. The van der Waals surface area contributed by atoms with Crippen LogP contribution in [-0.2, 0) is 51.6 Å². The fourth-order valence-electron chi connectivity index (χ4n) is 5.64. The Morgan fingerprint density at radius 2 is 1.44 bits per heavy atom. The molecule has 3 aromatic carbocycles. The Bertz CT molecular complexity index is 1610. The Morgan fingerprint density at radius 1 is 0.840 bits per heavy atom. The van der Waals surface area contributed by atoms with Crippen molar-refractivity contribution in [1.29, 1.82) is 0 Å². The molecule has 14 heteroatoms. The number of aliphatic carboxylic acids is 1. The van der Waals surface area contributed by atoms with Gasteiger partial charge >= 0.3 is 5.97 Å². The lowest BCUT2D eigenvalue weighted by Gasteiger charge is -2.25. The number of carbonyl (C=O) groups is 2. The summed E-state index contributed by atoms with van der Waals surface area (Å²) in [6, 6.07) is 16.6. The first-order chi connectivity index (χ1) is 24.2. The number of ether oxygens (including phenoxy) is 6. The number of hydrogen-bond acceptors (Lipinski definition) is 10. The fourth-order valence-corrected chi connectivity index (χ4v) is 7.31. The smallest absolute Gasteiger partial charge is 0.326 e. The highest BCUT2D eigenvalue weighted by Gasteiger charge is 2.40. The van der Waals surface area contributed by atoms with Crippen LogP contribution in [0, 0.1) is 0 Å². The maximum atomic E-state index is 13.3. The van der Waals surface area contributed by atoms with Gasteiger partial charge in [0, 0.05) is 20.1 Å². The van der Waals surface area contributed by atoms with Crippen molar-refractivity contribution in [3.63, 3.8) is 0 Å². The highest BCUT2D eigenvalue weighted by molar-refractivity contribution is 7.89. The van der Waals surface area contributed by atoms with E-state index in [-0.39, 0.29) is 17.9 Å². The average Bonchev–Trinajstić information content (AvgIpc) is 3.64. The molecule has 1 amide bonds. The van der Waals surface area contributed by atoms with E-state index in [2.05, 4.69) is 5.32 Å². The summed E-state index contributed by atoms with van der Waals surface area (Å²) in [6.45, 7) is 3.34. The van der Waals surface area contributed by atoms with E-state index in [0.29, 0.717) is 81.7 Å². The van der Waals surface area contributed by atoms with Gasteiger partial charge < -0.3 is 38.8 Å². The Kier molecular flexibility index (Phi) is 15.0. The van der Waals surface area contributed by atoms with Crippen molar-refractivity contribution in [3.05, 3.63) is 77.9 Å².